The van der Waals surface area contributed by atoms with Gasteiger partial charge in [0.2, 0.25) is 0 Å². The highest BCUT2D eigenvalue weighted by Crippen LogP contribution is 2.27. The lowest BCUT2D eigenvalue weighted by Crippen LogP contribution is -2.23. The first-order chi connectivity index (χ1) is 8.77. The number of carbonyl (C=O) groups excluding carboxylic acids is 2. The van der Waals surface area contributed by atoms with E-state index in [-0.39, 0.29) is 12.2 Å². The van der Waals surface area contributed by atoms with E-state index in [0.717, 1.165) is 12.3 Å². The number of rotatable bonds is 4. The van der Waals surface area contributed by atoms with Crippen molar-refractivity contribution in [2.75, 3.05) is 6.61 Å². The lowest BCUT2D eigenvalue weighted by atomic mass is 10.0. The van der Waals surface area contributed by atoms with Crippen molar-refractivity contribution in [3.05, 3.63) is 29.6 Å². The molecule has 1 aromatic heterocycles. The molecule has 1 aromatic rings. The maximum Gasteiger partial charge on any atom is 0.433 e. The molecule has 104 valence electrons. The van der Waals surface area contributed by atoms with Crippen molar-refractivity contribution in [1.82, 2.24) is 4.98 Å². The zero-order chi connectivity index (χ0) is 14.6. The minimum atomic E-state index is -4.56. The van der Waals surface area contributed by atoms with E-state index < -0.39 is 29.5 Å². The maximum atomic E-state index is 12.3. The zero-order valence-corrected chi connectivity index (χ0v) is 10.3. The molecule has 0 aliphatic carbocycles. The molecule has 0 aliphatic rings. The van der Waals surface area contributed by atoms with Gasteiger partial charge in [-0.3, -0.25) is 14.6 Å². The Kier molecular flexibility index (Phi) is 4.63. The molecule has 1 unspecified atom stereocenters. The number of pyridine rings is 1. The van der Waals surface area contributed by atoms with Crippen LogP contribution in [0.2, 0.25) is 0 Å². The fourth-order valence-electron chi connectivity index (χ4n) is 1.33. The van der Waals surface area contributed by atoms with Gasteiger partial charge in [-0.2, -0.15) is 13.2 Å². The molecule has 1 atom stereocenters. The van der Waals surface area contributed by atoms with Gasteiger partial charge in [0.25, 0.3) is 0 Å². The summed E-state index contributed by atoms with van der Waals surface area (Å²) in [5.74, 6) is -2.41. The first-order valence-corrected chi connectivity index (χ1v) is 5.51. The van der Waals surface area contributed by atoms with Crippen molar-refractivity contribution in [2.45, 2.75) is 20.0 Å². The molecule has 0 bridgehead atoms. The van der Waals surface area contributed by atoms with E-state index in [0.29, 0.717) is 6.07 Å². The largest absolute Gasteiger partial charge is 0.465 e. The molecule has 0 saturated carbocycles. The normalized spacial score (nSPS) is 12.9. The van der Waals surface area contributed by atoms with Crippen LogP contribution in [-0.4, -0.2) is 23.3 Å². The highest BCUT2D eigenvalue weighted by Gasteiger charge is 2.32. The average molecular weight is 275 g/mol. The number of aromatic nitrogens is 1. The second-order valence-corrected chi connectivity index (χ2v) is 3.77. The van der Waals surface area contributed by atoms with Gasteiger partial charge >= 0.3 is 12.1 Å². The Morgan fingerprint density at radius 3 is 2.42 bits per heavy atom. The lowest BCUT2D eigenvalue weighted by molar-refractivity contribution is -0.145. The van der Waals surface area contributed by atoms with Crippen LogP contribution in [0.1, 0.15) is 29.9 Å². The van der Waals surface area contributed by atoms with Gasteiger partial charge < -0.3 is 4.74 Å². The SMILES string of the molecule is CCOC(=O)C(C)C(=O)c1ccc(C(F)(F)F)nc1. The van der Waals surface area contributed by atoms with Crippen LogP contribution in [0.15, 0.2) is 18.3 Å². The summed E-state index contributed by atoms with van der Waals surface area (Å²) >= 11 is 0. The van der Waals surface area contributed by atoms with Gasteiger partial charge in [0, 0.05) is 11.8 Å². The number of Topliss-reactive ketones (excluding diaryl/α,β-unsaturated/α-hetero) is 1. The van der Waals surface area contributed by atoms with Crippen LogP contribution in [0.3, 0.4) is 0 Å². The number of ether oxygens (including phenoxy) is 1. The van der Waals surface area contributed by atoms with Gasteiger partial charge in [0.15, 0.2) is 5.78 Å². The Morgan fingerprint density at radius 1 is 1.37 bits per heavy atom. The highest BCUT2D eigenvalue weighted by molar-refractivity contribution is 6.08. The van der Waals surface area contributed by atoms with E-state index in [1.807, 2.05) is 0 Å². The molecular weight excluding hydrogens is 263 g/mol. The summed E-state index contributed by atoms with van der Waals surface area (Å²) in [6, 6.07) is 1.69. The van der Waals surface area contributed by atoms with Gasteiger partial charge in [0.05, 0.1) is 6.61 Å². The van der Waals surface area contributed by atoms with Gasteiger partial charge in [-0.1, -0.05) is 0 Å². The van der Waals surface area contributed by atoms with Gasteiger partial charge in [-0.05, 0) is 26.0 Å². The molecule has 0 amide bonds. The van der Waals surface area contributed by atoms with Crippen molar-refractivity contribution in [3.63, 3.8) is 0 Å². The Morgan fingerprint density at radius 2 is 2.00 bits per heavy atom. The zero-order valence-electron chi connectivity index (χ0n) is 10.3. The number of ketones is 1. The van der Waals surface area contributed by atoms with Crippen molar-refractivity contribution in [1.29, 1.82) is 0 Å². The molecule has 1 heterocycles. The highest BCUT2D eigenvalue weighted by atomic mass is 19.4. The summed E-state index contributed by atoms with van der Waals surface area (Å²) in [5.41, 5.74) is -1.15. The van der Waals surface area contributed by atoms with E-state index >= 15 is 0 Å². The van der Waals surface area contributed by atoms with Gasteiger partial charge in [-0.15, -0.1) is 0 Å². The predicted molar refractivity (Wildman–Crippen MR) is 59.4 cm³/mol. The van der Waals surface area contributed by atoms with Crippen LogP contribution < -0.4 is 0 Å². The maximum absolute atomic E-state index is 12.3. The number of halogens is 3. The van der Waals surface area contributed by atoms with E-state index in [1.54, 1.807) is 6.92 Å². The Balaban J connectivity index is 2.87. The first kappa shape index (κ1) is 15.1. The van der Waals surface area contributed by atoms with E-state index in [9.17, 15) is 22.8 Å². The Hall–Kier alpha value is -1.92. The van der Waals surface area contributed by atoms with Crippen molar-refractivity contribution in [2.24, 2.45) is 5.92 Å². The summed E-state index contributed by atoms with van der Waals surface area (Å²) in [6.45, 7) is 3.05. The van der Waals surface area contributed by atoms with Crippen molar-refractivity contribution >= 4 is 11.8 Å². The summed E-state index contributed by atoms with van der Waals surface area (Å²) < 4.78 is 41.5. The average Bonchev–Trinajstić information content (AvgIpc) is 2.36. The second-order valence-electron chi connectivity index (χ2n) is 3.77. The molecule has 0 aromatic carbocycles. The molecule has 7 heteroatoms. The molecule has 0 spiro atoms. The van der Waals surface area contributed by atoms with Crippen LogP contribution in [0.25, 0.3) is 0 Å². The lowest BCUT2D eigenvalue weighted by Gasteiger charge is -2.10. The van der Waals surface area contributed by atoms with Crippen LogP contribution in [-0.2, 0) is 15.7 Å². The quantitative estimate of drug-likeness (QED) is 0.481. The number of alkyl halides is 3. The molecule has 0 saturated heterocycles. The smallest absolute Gasteiger partial charge is 0.433 e. The van der Waals surface area contributed by atoms with Crippen LogP contribution in [0.4, 0.5) is 13.2 Å². The van der Waals surface area contributed by atoms with Gasteiger partial charge in [0.1, 0.15) is 11.6 Å². The standard InChI is InChI=1S/C12H12F3NO3/c1-3-19-11(18)7(2)10(17)8-4-5-9(16-6-8)12(13,14)15/h4-7H,3H2,1-2H3. The van der Waals surface area contributed by atoms with Crippen LogP contribution in [0.5, 0.6) is 0 Å². The summed E-state index contributed by atoms with van der Waals surface area (Å²) in [7, 11) is 0. The van der Waals surface area contributed by atoms with E-state index in [2.05, 4.69) is 9.72 Å². The number of carbonyl (C=O) groups is 2. The second kappa shape index (κ2) is 5.81. The fourth-order valence-corrected chi connectivity index (χ4v) is 1.33. The number of hydrogen-bond acceptors (Lipinski definition) is 4. The summed E-state index contributed by atoms with van der Waals surface area (Å²) in [6.07, 6.45) is -3.75. The number of hydrogen-bond donors (Lipinski definition) is 0. The number of nitrogens with zero attached hydrogens (tertiary/aromatic N) is 1. The molecule has 0 radical (unpaired) electrons. The first-order valence-electron chi connectivity index (χ1n) is 5.51. The van der Waals surface area contributed by atoms with Crippen LogP contribution >= 0.6 is 0 Å². The third-order valence-corrected chi connectivity index (χ3v) is 2.37. The molecule has 19 heavy (non-hydrogen) atoms. The van der Waals surface area contributed by atoms with E-state index in [1.165, 1.54) is 6.92 Å². The van der Waals surface area contributed by atoms with E-state index in [4.69, 9.17) is 0 Å². The molecule has 0 N–H and O–H groups in total. The van der Waals surface area contributed by atoms with Crippen LogP contribution in [0, 0.1) is 5.92 Å². The fraction of sp³-hybridized carbons (Fsp3) is 0.417. The summed E-state index contributed by atoms with van der Waals surface area (Å²) in [5, 5.41) is 0. The predicted octanol–water partition coefficient (Wildman–Crippen LogP) is 2.48. The summed E-state index contributed by atoms with van der Waals surface area (Å²) in [4.78, 5) is 26.3. The minimum Gasteiger partial charge on any atom is -0.465 e. The number of esters is 1. The third kappa shape index (κ3) is 3.77. The van der Waals surface area contributed by atoms with Gasteiger partial charge in [-0.25, -0.2) is 0 Å². The third-order valence-electron chi connectivity index (χ3n) is 2.37. The molecule has 0 aliphatic heterocycles. The molecule has 1 rings (SSSR count). The molecular formula is C12H12F3NO3. The molecule has 0 fully saturated rings. The molecule has 4 nitrogen and oxygen atoms in total. The Bertz CT molecular complexity index is 468. The van der Waals surface area contributed by atoms with Crippen molar-refractivity contribution in [3.8, 4) is 0 Å². The topological polar surface area (TPSA) is 56.3 Å². The van der Waals surface area contributed by atoms with Crippen molar-refractivity contribution < 1.29 is 27.5 Å². The monoisotopic (exact) mass is 275 g/mol. The Labute approximate surface area is 107 Å². The minimum absolute atomic E-state index is 0.0615.